The monoisotopic (exact) mass is 442 g/mol. The van der Waals surface area contributed by atoms with Gasteiger partial charge in [-0.25, -0.2) is 13.2 Å². The van der Waals surface area contributed by atoms with Crippen LogP contribution in [0.4, 0.5) is 27.5 Å². The predicted octanol–water partition coefficient (Wildman–Crippen LogP) is 4.05. The third-order valence-corrected chi connectivity index (χ3v) is 5.44. The summed E-state index contributed by atoms with van der Waals surface area (Å²) in [7, 11) is -2.37. The molecule has 0 aliphatic carbocycles. The number of methoxy groups -OCH3 is 1. The first-order chi connectivity index (χ1) is 14.8. The van der Waals surface area contributed by atoms with Crippen molar-refractivity contribution < 1.29 is 22.9 Å². The lowest BCUT2D eigenvalue weighted by molar-refractivity contribution is -0.384. The summed E-state index contributed by atoms with van der Waals surface area (Å²) in [5.41, 5.74) is 0.805. The maximum absolute atomic E-state index is 12.5. The Morgan fingerprint density at radius 1 is 0.903 bits per heavy atom. The standard InChI is InChI=1S/C20H18N4O6S/c1-30-18-6-3-7-19(13-18)31(28,29)23-15-10-8-14(9-11-15)21-20(25)22-16-4-2-5-17(12-16)24(26)27/h2-13,23H,1H3,(H2,21,22,25). The predicted molar refractivity (Wildman–Crippen MR) is 116 cm³/mol. The zero-order chi connectivity index (χ0) is 22.4. The molecule has 0 aliphatic heterocycles. The van der Waals surface area contributed by atoms with E-state index in [2.05, 4.69) is 15.4 Å². The Hall–Kier alpha value is -4.12. The molecule has 0 saturated heterocycles. The van der Waals surface area contributed by atoms with E-state index in [1.165, 1.54) is 67.8 Å². The number of amides is 2. The molecule has 3 aromatic carbocycles. The van der Waals surface area contributed by atoms with Crippen molar-refractivity contribution in [2.45, 2.75) is 4.90 Å². The van der Waals surface area contributed by atoms with Crippen molar-refractivity contribution in [2.75, 3.05) is 22.5 Å². The summed E-state index contributed by atoms with van der Waals surface area (Å²) in [5, 5.41) is 15.9. The molecule has 0 aliphatic rings. The minimum absolute atomic E-state index is 0.0467. The normalized spacial score (nSPS) is 10.7. The van der Waals surface area contributed by atoms with Crippen molar-refractivity contribution in [1.82, 2.24) is 0 Å². The summed E-state index contributed by atoms with van der Waals surface area (Å²) in [6.45, 7) is 0. The Morgan fingerprint density at radius 2 is 1.55 bits per heavy atom. The number of hydrogen-bond acceptors (Lipinski definition) is 6. The van der Waals surface area contributed by atoms with E-state index in [0.29, 0.717) is 17.1 Å². The van der Waals surface area contributed by atoms with Crippen LogP contribution in [-0.2, 0) is 10.0 Å². The van der Waals surface area contributed by atoms with Crippen LogP contribution in [0.5, 0.6) is 5.75 Å². The lowest BCUT2D eigenvalue weighted by Gasteiger charge is -2.11. The summed E-state index contributed by atoms with van der Waals surface area (Å²) in [4.78, 5) is 22.4. The SMILES string of the molecule is COc1cccc(S(=O)(=O)Nc2ccc(NC(=O)Nc3cccc([N+](=O)[O-])c3)cc2)c1. The first-order valence-corrected chi connectivity index (χ1v) is 10.3. The molecule has 0 bridgehead atoms. The molecule has 0 saturated carbocycles. The lowest BCUT2D eigenvalue weighted by atomic mass is 10.3. The largest absolute Gasteiger partial charge is 0.497 e. The van der Waals surface area contributed by atoms with E-state index in [1.54, 1.807) is 12.1 Å². The van der Waals surface area contributed by atoms with Gasteiger partial charge in [-0.3, -0.25) is 14.8 Å². The molecule has 3 N–H and O–H groups in total. The van der Waals surface area contributed by atoms with Gasteiger partial charge < -0.3 is 15.4 Å². The van der Waals surface area contributed by atoms with Crippen LogP contribution in [0, 0.1) is 10.1 Å². The smallest absolute Gasteiger partial charge is 0.323 e. The van der Waals surface area contributed by atoms with Gasteiger partial charge in [-0.05, 0) is 42.5 Å². The molecule has 3 rings (SSSR count). The number of nitro groups is 1. The molecule has 160 valence electrons. The van der Waals surface area contributed by atoms with Gasteiger partial charge in [0.25, 0.3) is 15.7 Å². The van der Waals surface area contributed by atoms with Crippen molar-refractivity contribution >= 4 is 38.8 Å². The van der Waals surface area contributed by atoms with Gasteiger partial charge >= 0.3 is 6.03 Å². The molecule has 0 spiro atoms. The Labute approximate surface area is 178 Å². The van der Waals surface area contributed by atoms with Gasteiger partial charge in [-0.2, -0.15) is 0 Å². The summed E-state index contributed by atoms with van der Waals surface area (Å²) >= 11 is 0. The van der Waals surface area contributed by atoms with Gasteiger partial charge in [-0.15, -0.1) is 0 Å². The van der Waals surface area contributed by atoms with Gasteiger partial charge in [0.15, 0.2) is 0 Å². The Bertz CT molecular complexity index is 1210. The van der Waals surface area contributed by atoms with Crippen LogP contribution in [0.2, 0.25) is 0 Å². The van der Waals surface area contributed by atoms with Crippen molar-refractivity contribution in [3.63, 3.8) is 0 Å². The fraction of sp³-hybridized carbons (Fsp3) is 0.0500. The van der Waals surface area contributed by atoms with Crippen LogP contribution in [0.15, 0.2) is 77.7 Å². The quantitative estimate of drug-likeness (QED) is 0.373. The van der Waals surface area contributed by atoms with Crippen molar-refractivity contribution in [3.8, 4) is 5.75 Å². The van der Waals surface area contributed by atoms with Crippen LogP contribution in [0.25, 0.3) is 0 Å². The zero-order valence-electron chi connectivity index (χ0n) is 16.2. The van der Waals surface area contributed by atoms with E-state index in [9.17, 15) is 23.3 Å². The number of benzene rings is 3. The minimum Gasteiger partial charge on any atom is -0.497 e. The summed E-state index contributed by atoms with van der Waals surface area (Å²) < 4.78 is 32.5. The van der Waals surface area contributed by atoms with E-state index in [-0.39, 0.29) is 16.3 Å². The van der Waals surface area contributed by atoms with Crippen molar-refractivity contribution in [3.05, 3.63) is 82.9 Å². The third kappa shape index (κ3) is 5.70. The number of sulfonamides is 1. The van der Waals surface area contributed by atoms with E-state index >= 15 is 0 Å². The van der Waals surface area contributed by atoms with Gasteiger partial charge in [0.2, 0.25) is 0 Å². The highest BCUT2D eigenvalue weighted by molar-refractivity contribution is 7.92. The number of rotatable bonds is 7. The molecule has 0 aromatic heterocycles. The Morgan fingerprint density at radius 3 is 2.23 bits per heavy atom. The van der Waals surface area contributed by atoms with Crippen LogP contribution < -0.4 is 20.1 Å². The Kier molecular flexibility index (Phi) is 6.36. The van der Waals surface area contributed by atoms with Gasteiger partial charge in [0.05, 0.1) is 16.9 Å². The molecule has 0 unspecified atom stereocenters. The summed E-state index contributed by atoms with van der Waals surface area (Å²) in [6.07, 6.45) is 0. The molecule has 10 nitrogen and oxygen atoms in total. The zero-order valence-corrected chi connectivity index (χ0v) is 17.0. The summed E-state index contributed by atoms with van der Waals surface area (Å²) in [6, 6.07) is 17.0. The average molecular weight is 442 g/mol. The first-order valence-electron chi connectivity index (χ1n) is 8.86. The van der Waals surface area contributed by atoms with Crippen LogP contribution in [0.1, 0.15) is 0 Å². The molecule has 0 atom stereocenters. The van der Waals surface area contributed by atoms with E-state index in [1.807, 2.05) is 0 Å². The van der Waals surface area contributed by atoms with Crippen molar-refractivity contribution in [1.29, 1.82) is 0 Å². The van der Waals surface area contributed by atoms with Gasteiger partial charge in [0, 0.05) is 35.3 Å². The van der Waals surface area contributed by atoms with E-state index in [0.717, 1.165) is 0 Å². The first kappa shape index (κ1) is 21.6. The number of nitrogens with one attached hydrogen (secondary N) is 3. The number of urea groups is 1. The molecule has 3 aromatic rings. The molecule has 0 radical (unpaired) electrons. The molecule has 2 amide bonds. The number of carbonyl (C=O) groups excluding carboxylic acids is 1. The molecule has 11 heteroatoms. The number of non-ortho nitro benzene ring substituents is 1. The molecule has 0 heterocycles. The lowest BCUT2D eigenvalue weighted by Crippen LogP contribution is -2.19. The van der Waals surface area contributed by atoms with Crippen molar-refractivity contribution in [2.24, 2.45) is 0 Å². The minimum atomic E-state index is -3.82. The highest BCUT2D eigenvalue weighted by Crippen LogP contribution is 2.22. The molecule has 0 fully saturated rings. The number of carbonyl (C=O) groups is 1. The van der Waals surface area contributed by atoms with Crippen LogP contribution >= 0.6 is 0 Å². The highest BCUT2D eigenvalue weighted by atomic mass is 32.2. The maximum Gasteiger partial charge on any atom is 0.323 e. The number of nitrogens with zero attached hydrogens (tertiary/aromatic N) is 1. The van der Waals surface area contributed by atoms with E-state index < -0.39 is 21.0 Å². The number of nitro benzene ring substituents is 1. The third-order valence-electron chi connectivity index (χ3n) is 4.06. The van der Waals surface area contributed by atoms with E-state index in [4.69, 9.17) is 4.74 Å². The second kappa shape index (κ2) is 9.13. The van der Waals surface area contributed by atoms with Gasteiger partial charge in [0.1, 0.15) is 5.75 Å². The fourth-order valence-electron chi connectivity index (χ4n) is 2.59. The van der Waals surface area contributed by atoms with Gasteiger partial charge in [-0.1, -0.05) is 12.1 Å². The number of hydrogen-bond donors (Lipinski definition) is 3. The molecule has 31 heavy (non-hydrogen) atoms. The average Bonchev–Trinajstić information content (AvgIpc) is 2.75. The molecular weight excluding hydrogens is 424 g/mol. The maximum atomic E-state index is 12.5. The Balaban J connectivity index is 1.64. The summed E-state index contributed by atoms with van der Waals surface area (Å²) in [5.74, 6) is 0.414. The topological polar surface area (TPSA) is 140 Å². The highest BCUT2D eigenvalue weighted by Gasteiger charge is 2.15. The number of ether oxygens (including phenoxy) is 1. The molecular formula is C20H18N4O6S. The second-order valence-corrected chi connectivity index (χ2v) is 7.93. The number of anilines is 3. The van der Waals surface area contributed by atoms with Crippen LogP contribution in [-0.4, -0.2) is 26.5 Å². The second-order valence-electron chi connectivity index (χ2n) is 6.25. The van der Waals surface area contributed by atoms with Crippen LogP contribution in [0.3, 0.4) is 0 Å². The fourth-order valence-corrected chi connectivity index (χ4v) is 3.69.